The Labute approximate surface area is 127 Å². The number of unbranched alkanes of at least 4 members (excludes halogenated alkanes) is 3. The van der Waals surface area contributed by atoms with Crippen molar-refractivity contribution >= 4 is 11.0 Å². The summed E-state index contributed by atoms with van der Waals surface area (Å²) in [6.07, 6.45) is 6.42. The highest BCUT2D eigenvalue weighted by Crippen LogP contribution is 2.26. The lowest BCUT2D eigenvalue weighted by Gasteiger charge is -2.11. The molecule has 2 rings (SSSR count). The van der Waals surface area contributed by atoms with Gasteiger partial charge in [0, 0.05) is 10.9 Å². The molecule has 1 aromatic carbocycles. The van der Waals surface area contributed by atoms with Crippen molar-refractivity contribution in [2.45, 2.75) is 66.2 Å². The van der Waals surface area contributed by atoms with E-state index in [0.29, 0.717) is 0 Å². The summed E-state index contributed by atoms with van der Waals surface area (Å²) in [6.45, 7) is 8.44. The Morgan fingerprint density at radius 2 is 1.76 bits per heavy atom. The first-order valence-corrected chi connectivity index (χ1v) is 8.14. The molecule has 1 aromatic heterocycles. The predicted molar refractivity (Wildman–Crippen MR) is 89.2 cm³/mol. The smallest absolute Gasteiger partial charge is 0.339 e. The van der Waals surface area contributed by atoms with Gasteiger partial charge in [-0.15, -0.1) is 0 Å². The minimum Gasteiger partial charge on any atom is -0.422 e. The number of hydrogen-bond donors (Lipinski definition) is 0. The highest BCUT2D eigenvalue weighted by molar-refractivity contribution is 5.84. The van der Waals surface area contributed by atoms with Gasteiger partial charge in [-0.05, 0) is 49.8 Å². The molecule has 0 N–H and O–H groups in total. The summed E-state index contributed by atoms with van der Waals surface area (Å²) in [5, 5.41) is 1.10. The van der Waals surface area contributed by atoms with Gasteiger partial charge >= 0.3 is 5.63 Å². The largest absolute Gasteiger partial charge is 0.422 e. The van der Waals surface area contributed by atoms with Crippen molar-refractivity contribution in [3.8, 4) is 0 Å². The Kier molecular flexibility index (Phi) is 5.22. The van der Waals surface area contributed by atoms with E-state index in [1.54, 1.807) is 0 Å². The molecule has 21 heavy (non-hydrogen) atoms. The molecule has 0 aliphatic rings. The lowest BCUT2D eigenvalue weighted by atomic mass is 9.96. The molecule has 2 heteroatoms. The number of hydrogen-bond acceptors (Lipinski definition) is 2. The van der Waals surface area contributed by atoms with E-state index in [2.05, 4.69) is 39.8 Å². The van der Waals surface area contributed by atoms with Gasteiger partial charge in [0.2, 0.25) is 0 Å². The standard InChI is InChI=1S/C19H26O2/c1-5-7-8-9-10-17-14(4)16-12-11-13(3)15(6-2)18(16)21-19(17)20/h11-12H,5-10H2,1-4H3. The van der Waals surface area contributed by atoms with Gasteiger partial charge in [-0.1, -0.05) is 45.2 Å². The van der Waals surface area contributed by atoms with Crippen molar-refractivity contribution in [3.05, 3.63) is 44.8 Å². The van der Waals surface area contributed by atoms with E-state index >= 15 is 0 Å². The maximum Gasteiger partial charge on any atom is 0.339 e. The average molecular weight is 286 g/mol. The Morgan fingerprint density at radius 3 is 2.43 bits per heavy atom. The molecule has 0 aliphatic carbocycles. The zero-order valence-electron chi connectivity index (χ0n) is 13.7. The fourth-order valence-corrected chi connectivity index (χ4v) is 3.07. The second-order valence-electron chi connectivity index (χ2n) is 5.89. The van der Waals surface area contributed by atoms with Crippen LogP contribution < -0.4 is 5.63 Å². The second kappa shape index (κ2) is 6.93. The van der Waals surface area contributed by atoms with Crippen LogP contribution in [0.4, 0.5) is 0 Å². The predicted octanol–water partition coefficient (Wildman–Crippen LogP) is 5.10. The number of aryl methyl sites for hydroxylation is 3. The SMILES string of the molecule is CCCCCCc1c(C)c2ccc(C)c(CC)c2oc1=O. The molecule has 0 saturated carbocycles. The first-order chi connectivity index (χ1) is 10.1. The monoisotopic (exact) mass is 286 g/mol. The van der Waals surface area contributed by atoms with Crippen LogP contribution >= 0.6 is 0 Å². The van der Waals surface area contributed by atoms with Gasteiger partial charge < -0.3 is 4.42 Å². The molecule has 114 valence electrons. The van der Waals surface area contributed by atoms with E-state index in [-0.39, 0.29) is 5.63 Å². The van der Waals surface area contributed by atoms with Crippen molar-refractivity contribution in [1.82, 2.24) is 0 Å². The Balaban J connectivity index is 2.46. The van der Waals surface area contributed by atoms with Gasteiger partial charge in [0.05, 0.1) is 0 Å². The zero-order chi connectivity index (χ0) is 15.4. The van der Waals surface area contributed by atoms with Crippen molar-refractivity contribution in [3.63, 3.8) is 0 Å². The summed E-state index contributed by atoms with van der Waals surface area (Å²) >= 11 is 0. The van der Waals surface area contributed by atoms with Crippen LogP contribution in [-0.2, 0) is 12.8 Å². The number of fused-ring (bicyclic) bond motifs is 1. The van der Waals surface area contributed by atoms with Gasteiger partial charge in [0.1, 0.15) is 5.58 Å². The Morgan fingerprint density at radius 1 is 1.00 bits per heavy atom. The average Bonchev–Trinajstić information content (AvgIpc) is 2.46. The third kappa shape index (κ3) is 3.20. The van der Waals surface area contributed by atoms with Gasteiger partial charge in [0.15, 0.2) is 0 Å². The molecule has 0 radical (unpaired) electrons. The van der Waals surface area contributed by atoms with Crippen LogP contribution in [0.3, 0.4) is 0 Å². The van der Waals surface area contributed by atoms with Gasteiger partial charge in [-0.2, -0.15) is 0 Å². The quantitative estimate of drug-likeness (QED) is 0.546. The molecule has 0 saturated heterocycles. The summed E-state index contributed by atoms with van der Waals surface area (Å²) < 4.78 is 5.68. The molecule has 1 heterocycles. The highest BCUT2D eigenvalue weighted by Gasteiger charge is 2.14. The van der Waals surface area contributed by atoms with Crippen LogP contribution in [0, 0.1) is 13.8 Å². The Bertz CT molecular complexity index is 680. The lowest BCUT2D eigenvalue weighted by molar-refractivity contribution is 0.539. The van der Waals surface area contributed by atoms with E-state index in [1.807, 2.05) is 0 Å². The summed E-state index contributed by atoms with van der Waals surface area (Å²) in [5.74, 6) is 0. The molecule has 0 spiro atoms. The van der Waals surface area contributed by atoms with Crippen LogP contribution in [0.25, 0.3) is 11.0 Å². The van der Waals surface area contributed by atoms with E-state index < -0.39 is 0 Å². The minimum absolute atomic E-state index is 0.142. The fraction of sp³-hybridized carbons (Fsp3) is 0.526. The summed E-state index contributed by atoms with van der Waals surface area (Å²) in [7, 11) is 0. The summed E-state index contributed by atoms with van der Waals surface area (Å²) in [6, 6.07) is 4.23. The van der Waals surface area contributed by atoms with Gasteiger partial charge in [-0.3, -0.25) is 0 Å². The normalized spacial score (nSPS) is 11.2. The van der Waals surface area contributed by atoms with Crippen molar-refractivity contribution in [2.75, 3.05) is 0 Å². The minimum atomic E-state index is -0.142. The summed E-state index contributed by atoms with van der Waals surface area (Å²) in [5.41, 5.74) is 4.97. The number of benzene rings is 1. The molecule has 2 aromatic rings. The summed E-state index contributed by atoms with van der Waals surface area (Å²) in [4.78, 5) is 12.3. The van der Waals surface area contributed by atoms with E-state index in [0.717, 1.165) is 46.9 Å². The maximum atomic E-state index is 12.3. The Hall–Kier alpha value is -1.57. The third-order valence-corrected chi connectivity index (χ3v) is 4.43. The zero-order valence-corrected chi connectivity index (χ0v) is 13.7. The van der Waals surface area contributed by atoms with Crippen LogP contribution in [-0.4, -0.2) is 0 Å². The van der Waals surface area contributed by atoms with Crippen LogP contribution in [0.5, 0.6) is 0 Å². The maximum absolute atomic E-state index is 12.3. The molecule has 0 atom stereocenters. The topological polar surface area (TPSA) is 30.2 Å². The van der Waals surface area contributed by atoms with E-state index in [4.69, 9.17) is 4.42 Å². The molecule has 0 aliphatic heterocycles. The molecule has 0 amide bonds. The molecule has 0 fully saturated rings. The molecule has 0 unspecified atom stereocenters. The van der Waals surface area contributed by atoms with E-state index in [9.17, 15) is 4.79 Å². The lowest BCUT2D eigenvalue weighted by Crippen LogP contribution is -2.11. The molecule has 0 bridgehead atoms. The van der Waals surface area contributed by atoms with Crippen molar-refractivity contribution in [2.24, 2.45) is 0 Å². The first kappa shape index (κ1) is 15.8. The third-order valence-electron chi connectivity index (χ3n) is 4.43. The van der Waals surface area contributed by atoms with E-state index in [1.165, 1.54) is 24.8 Å². The molecule has 2 nitrogen and oxygen atoms in total. The van der Waals surface area contributed by atoms with Gasteiger partial charge in [-0.25, -0.2) is 4.79 Å². The van der Waals surface area contributed by atoms with Crippen LogP contribution in [0.2, 0.25) is 0 Å². The second-order valence-corrected chi connectivity index (χ2v) is 5.89. The van der Waals surface area contributed by atoms with Crippen molar-refractivity contribution in [1.29, 1.82) is 0 Å². The molecular weight excluding hydrogens is 260 g/mol. The molecular formula is C19H26O2. The van der Waals surface area contributed by atoms with Crippen LogP contribution in [0.15, 0.2) is 21.3 Å². The van der Waals surface area contributed by atoms with Crippen LogP contribution in [0.1, 0.15) is 61.8 Å². The highest BCUT2D eigenvalue weighted by atomic mass is 16.4. The first-order valence-electron chi connectivity index (χ1n) is 8.14. The van der Waals surface area contributed by atoms with Crippen molar-refractivity contribution < 1.29 is 4.42 Å². The fourth-order valence-electron chi connectivity index (χ4n) is 3.07. The van der Waals surface area contributed by atoms with Gasteiger partial charge in [0.25, 0.3) is 0 Å². The number of rotatable bonds is 6.